The first-order valence-corrected chi connectivity index (χ1v) is 20.1. The number of carbonyl (C=O) groups is 1. The Morgan fingerprint density at radius 2 is 1.75 bits per heavy atom. The van der Waals surface area contributed by atoms with Crippen LogP contribution >= 0.6 is 11.8 Å². The first-order chi connectivity index (χ1) is 25.0. The third kappa shape index (κ3) is 10.4. The number of benzene rings is 1. The molecule has 52 heavy (non-hydrogen) atoms. The summed E-state index contributed by atoms with van der Waals surface area (Å²) in [7, 11) is 3.64. The van der Waals surface area contributed by atoms with E-state index in [0.29, 0.717) is 25.0 Å². The maximum Gasteiger partial charge on any atom is 0.326 e. The van der Waals surface area contributed by atoms with Crippen LogP contribution in [0.15, 0.2) is 55.0 Å². The number of pyridine rings is 1. The molecule has 1 aromatic carbocycles. The van der Waals surface area contributed by atoms with Crippen LogP contribution in [0.1, 0.15) is 73.1 Å². The van der Waals surface area contributed by atoms with Gasteiger partial charge in [0.1, 0.15) is 11.4 Å². The third-order valence-electron chi connectivity index (χ3n) is 9.64. The predicted octanol–water partition coefficient (Wildman–Crippen LogP) is 7.57. The molecule has 4 heterocycles. The van der Waals surface area contributed by atoms with E-state index in [4.69, 9.17) is 19.4 Å². The van der Waals surface area contributed by atoms with Crippen LogP contribution < -0.4 is 15.1 Å². The van der Waals surface area contributed by atoms with Crippen LogP contribution in [-0.4, -0.2) is 101 Å². The lowest BCUT2D eigenvalue weighted by Gasteiger charge is -2.40. The van der Waals surface area contributed by atoms with Crippen molar-refractivity contribution in [1.82, 2.24) is 19.9 Å². The Morgan fingerprint density at radius 3 is 2.35 bits per heavy atom. The lowest BCUT2D eigenvalue weighted by Crippen LogP contribution is -2.51. The van der Waals surface area contributed by atoms with E-state index in [2.05, 4.69) is 77.1 Å². The average Bonchev–Trinajstić information content (AvgIpc) is 3.88. The lowest BCUT2D eigenvalue weighted by atomic mass is 10.00. The summed E-state index contributed by atoms with van der Waals surface area (Å²) in [6.45, 7) is 12.6. The van der Waals surface area contributed by atoms with Gasteiger partial charge in [-0.1, -0.05) is 19.9 Å². The molecule has 3 aromatic rings. The maximum absolute atomic E-state index is 12.4. The van der Waals surface area contributed by atoms with E-state index in [9.17, 15) is 10.1 Å². The summed E-state index contributed by atoms with van der Waals surface area (Å²) in [5.41, 5.74) is 3.30. The van der Waals surface area contributed by atoms with Crippen LogP contribution in [-0.2, 0) is 14.3 Å². The number of ether oxygens (including phenoxy) is 2. The Hall–Kier alpha value is -3.92. The van der Waals surface area contributed by atoms with Crippen molar-refractivity contribution in [3.8, 4) is 17.2 Å². The minimum atomic E-state index is -0.377. The number of rotatable bonds is 10. The van der Waals surface area contributed by atoms with Crippen LogP contribution in [0, 0.1) is 11.3 Å². The third-order valence-corrected chi connectivity index (χ3v) is 9.64. The molecule has 2 saturated heterocycles. The van der Waals surface area contributed by atoms with Crippen LogP contribution in [0.5, 0.6) is 0 Å². The van der Waals surface area contributed by atoms with Crippen molar-refractivity contribution in [3.63, 3.8) is 0 Å². The molecule has 0 bridgehead atoms. The van der Waals surface area contributed by atoms with Gasteiger partial charge in [0, 0.05) is 74.3 Å². The Labute approximate surface area is 315 Å². The van der Waals surface area contributed by atoms with Crippen molar-refractivity contribution in [1.29, 1.82) is 5.26 Å². The molecule has 2 unspecified atom stereocenters. The second-order valence-electron chi connectivity index (χ2n) is 14.4. The molecule has 2 aliphatic heterocycles. The smallest absolute Gasteiger partial charge is 0.326 e. The number of nitrogens with one attached hydrogen (secondary N) is 1. The summed E-state index contributed by atoms with van der Waals surface area (Å²) in [5.74, 6) is 1.26. The van der Waals surface area contributed by atoms with Gasteiger partial charge in [-0.2, -0.15) is 17.0 Å². The van der Waals surface area contributed by atoms with Crippen molar-refractivity contribution >= 4 is 40.9 Å². The summed E-state index contributed by atoms with van der Waals surface area (Å²) in [5, 5.41) is 12.9. The largest absolute Gasteiger partial charge is 0.468 e. The number of piperidine rings is 1. The lowest BCUT2D eigenvalue weighted by molar-refractivity contribution is -0.149. The summed E-state index contributed by atoms with van der Waals surface area (Å²) < 4.78 is 11.3. The zero-order valence-corrected chi connectivity index (χ0v) is 33.4. The summed E-state index contributed by atoms with van der Waals surface area (Å²) >= 11 is 1.75. The van der Waals surface area contributed by atoms with Crippen molar-refractivity contribution in [2.75, 3.05) is 61.4 Å². The number of esters is 1. The molecule has 1 saturated carbocycles. The highest BCUT2D eigenvalue weighted by molar-refractivity contribution is 7.97. The molecule has 0 radical (unpaired) electrons. The monoisotopic (exact) mass is 730 g/mol. The number of hydrogen-bond donors (Lipinski definition) is 1. The summed E-state index contributed by atoms with van der Waals surface area (Å²) in [6.07, 6.45) is 14.6. The molecule has 2 atom stereocenters. The summed E-state index contributed by atoms with van der Waals surface area (Å²) in [6, 6.07) is 15.1. The van der Waals surface area contributed by atoms with E-state index >= 15 is 0 Å². The normalized spacial score (nSPS) is 19.7. The van der Waals surface area contributed by atoms with Gasteiger partial charge in [-0.25, -0.2) is 15.0 Å². The molecule has 12 heteroatoms. The van der Waals surface area contributed by atoms with Gasteiger partial charge in [-0.3, -0.25) is 9.69 Å². The van der Waals surface area contributed by atoms with Gasteiger partial charge in [0.25, 0.3) is 0 Å². The number of anilines is 4. The number of carbonyl (C=O) groups excluding carboxylic acids is 1. The number of hydrogen-bond acceptors (Lipinski definition) is 12. The number of likely N-dealkylation sites (tertiary alicyclic amines) is 1. The van der Waals surface area contributed by atoms with Crippen LogP contribution in [0.25, 0.3) is 11.1 Å². The first-order valence-electron chi connectivity index (χ1n) is 18.4. The SMILES string of the molecule is CC.COC(=O)C1(N2CCC(N(C)c3cccc(Nc4cc(-c5cnc(N6CC(OC(C)(C)C)CC6CC#N)nc5)ccn4)c3)CC2)CC1.CSC. The molecule has 1 N–H and O–H groups in total. The van der Waals surface area contributed by atoms with E-state index in [-0.39, 0.29) is 29.3 Å². The molecular formula is C40H58N8O3S. The van der Waals surface area contributed by atoms with Gasteiger partial charge in [-0.15, -0.1) is 0 Å². The first kappa shape index (κ1) is 40.8. The fraction of sp³-hybridized carbons (Fsp3) is 0.575. The molecule has 6 rings (SSSR count). The van der Waals surface area contributed by atoms with Crippen molar-refractivity contribution in [2.24, 2.45) is 0 Å². The highest BCUT2D eigenvalue weighted by Crippen LogP contribution is 2.44. The zero-order valence-electron chi connectivity index (χ0n) is 32.6. The summed E-state index contributed by atoms with van der Waals surface area (Å²) in [4.78, 5) is 33.1. The van der Waals surface area contributed by atoms with Crippen molar-refractivity contribution in [3.05, 3.63) is 55.0 Å². The second kappa shape index (κ2) is 18.7. The van der Waals surface area contributed by atoms with Gasteiger partial charge >= 0.3 is 5.97 Å². The number of nitrogens with zero attached hydrogens (tertiary/aromatic N) is 7. The van der Waals surface area contributed by atoms with E-state index in [1.807, 2.05) is 57.0 Å². The minimum Gasteiger partial charge on any atom is -0.468 e. The molecule has 0 amide bonds. The van der Waals surface area contributed by atoms with Crippen molar-refractivity contribution in [2.45, 2.75) is 102 Å². The van der Waals surface area contributed by atoms with E-state index in [1.165, 1.54) is 7.11 Å². The topological polar surface area (TPSA) is 120 Å². The molecule has 11 nitrogen and oxygen atoms in total. The number of aromatic nitrogens is 3. The number of methoxy groups -OCH3 is 1. The number of thioether (sulfide) groups is 1. The van der Waals surface area contributed by atoms with Crippen LogP contribution in [0.4, 0.5) is 23.1 Å². The zero-order chi connectivity index (χ0) is 37.9. The second-order valence-corrected chi connectivity index (χ2v) is 15.2. The van der Waals surface area contributed by atoms with Crippen molar-refractivity contribution < 1.29 is 14.3 Å². The minimum absolute atomic E-state index is 0.0268. The number of nitriles is 1. The van der Waals surface area contributed by atoms with Crippen LogP contribution in [0.2, 0.25) is 0 Å². The predicted molar refractivity (Wildman–Crippen MR) is 213 cm³/mol. The maximum atomic E-state index is 12.4. The Kier molecular flexibility index (Phi) is 14.7. The molecule has 0 spiro atoms. The van der Waals surface area contributed by atoms with Gasteiger partial charge in [0.15, 0.2) is 0 Å². The van der Waals surface area contributed by atoms with E-state index in [0.717, 1.165) is 73.5 Å². The van der Waals surface area contributed by atoms with E-state index in [1.54, 1.807) is 18.0 Å². The van der Waals surface area contributed by atoms with E-state index < -0.39 is 0 Å². The highest BCUT2D eigenvalue weighted by atomic mass is 32.2. The Balaban J connectivity index is 0.00000115. The van der Waals surface area contributed by atoms with Gasteiger partial charge in [0.05, 0.1) is 31.3 Å². The standard InChI is InChI=1S/C36H46N8O3.C2H6S.C2H6/c1-35(2,3)47-31-21-30(9-15-37)44(24-31)34-39-22-26(23-40-34)25-10-16-38-32(19-25)41-27-7-6-8-29(20-27)42(4)28-11-17-43(18-12-28)36(13-14-36)33(45)46-5;1-3-2;1-2/h6-8,10,16,19-20,22-23,28,30-31H,9,11-14,17-18,21,24H2,1-5H3,(H,38,41);1-2H3;1-2H3. The van der Waals surface area contributed by atoms with Gasteiger partial charge < -0.3 is 24.6 Å². The average molecular weight is 731 g/mol. The molecule has 3 fully saturated rings. The molecule has 3 aliphatic rings. The molecular weight excluding hydrogens is 673 g/mol. The Morgan fingerprint density at radius 1 is 1.08 bits per heavy atom. The van der Waals surface area contributed by atoms with Crippen LogP contribution in [0.3, 0.4) is 0 Å². The van der Waals surface area contributed by atoms with Gasteiger partial charge in [-0.05, 0) is 101 Å². The fourth-order valence-corrected chi connectivity index (χ4v) is 7.10. The molecule has 282 valence electrons. The molecule has 1 aliphatic carbocycles. The Bertz CT molecular complexity index is 1610. The molecule has 2 aromatic heterocycles. The van der Waals surface area contributed by atoms with Gasteiger partial charge in [0.2, 0.25) is 5.95 Å². The quantitative estimate of drug-likeness (QED) is 0.207. The fourth-order valence-electron chi connectivity index (χ4n) is 7.10. The highest BCUT2D eigenvalue weighted by Gasteiger charge is 2.56.